The second-order valence-electron chi connectivity index (χ2n) is 6.61. The molecule has 0 spiro atoms. The van der Waals surface area contributed by atoms with Crippen molar-refractivity contribution in [1.29, 1.82) is 0 Å². The first-order valence-corrected chi connectivity index (χ1v) is 8.52. The number of carbonyl (C=O) groups is 1. The van der Waals surface area contributed by atoms with Gasteiger partial charge in [0.1, 0.15) is 0 Å². The van der Waals surface area contributed by atoms with Crippen LogP contribution in [-0.4, -0.2) is 46.6 Å². The predicted octanol–water partition coefficient (Wildman–Crippen LogP) is 2.59. The molecule has 0 aliphatic carbocycles. The molecule has 1 aliphatic heterocycles. The summed E-state index contributed by atoms with van der Waals surface area (Å²) >= 11 is 0. The molecular formula is C18H24N4O2. The lowest BCUT2D eigenvalue weighted by molar-refractivity contribution is 0.0921. The average Bonchev–Trinajstić information content (AvgIpc) is 3.15. The zero-order chi connectivity index (χ0) is 16.9. The molecule has 0 saturated carbocycles. The fourth-order valence-corrected chi connectivity index (χ4v) is 3.01. The van der Waals surface area contributed by atoms with Crippen LogP contribution >= 0.6 is 0 Å². The average molecular weight is 328 g/mol. The lowest BCUT2D eigenvalue weighted by Crippen LogP contribution is -2.45. The van der Waals surface area contributed by atoms with E-state index in [-0.39, 0.29) is 5.91 Å². The number of amides is 1. The van der Waals surface area contributed by atoms with Crippen molar-refractivity contribution < 1.29 is 9.32 Å². The van der Waals surface area contributed by atoms with E-state index in [9.17, 15) is 4.79 Å². The van der Waals surface area contributed by atoms with Gasteiger partial charge in [0.2, 0.25) is 12.2 Å². The first-order valence-electron chi connectivity index (χ1n) is 8.52. The molecule has 1 aromatic heterocycles. The molecule has 24 heavy (non-hydrogen) atoms. The Morgan fingerprint density at radius 3 is 2.67 bits per heavy atom. The zero-order valence-electron chi connectivity index (χ0n) is 14.2. The number of likely N-dealkylation sites (tertiary alicyclic amines) is 1. The van der Waals surface area contributed by atoms with E-state index in [0.717, 1.165) is 24.6 Å². The van der Waals surface area contributed by atoms with Crippen molar-refractivity contribution in [3.8, 4) is 11.4 Å². The highest BCUT2D eigenvalue weighted by atomic mass is 16.5. The summed E-state index contributed by atoms with van der Waals surface area (Å²) in [7, 11) is 0. The number of carbonyl (C=O) groups excluding carboxylic acids is 1. The van der Waals surface area contributed by atoms with Crippen LogP contribution in [0, 0.1) is 5.92 Å². The zero-order valence-corrected chi connectivity index (χ0v) is 14.2. The van der Waals surface area contributed by atoms with Gasteiger partial charge in [-0.1, -0.05) is 24.2 Å². The van der Waals surface area contributed by atoms with E-state index < -0.39 is 0 Å². The Morgan fingerprint density at radius 2 is 2.04 bits per heavy atom. The Morgan fingerprint density at radius 1 is 1.33 bits per heavy atom. The van der Waals surface area contributed by atoms with E-state index in [1.54, 1.807) is 12.1 Å². The van der Waals surface area contributed by atoms with E-state index >= 15 is 0 Å². The molecule has 1 aliphatic rings. The number of nitrogens with one attached hydrogen (secondary N) is 1. The molecular weight excluding hydrogens is 304 g/mol. The van der Waals surface area contributed by atoms with Crippen LogP contribution < -0.4 is 5.32 Å². The lowest BCUT2D eigenvalue weighted by Gasteiger charge is -2.35. The van der Waals surface area contributed by atoms with Crippen LogP contribution in [0.2, 0.25) is 0 Å². The topological polar surface area (TPSA) is 71.3 Å². The molecule has 1 aromatic carbocycles. The van der Waals surface area contributed by atoms with Crippen molar-refractivity contribution in [3.05, 3.63) is 36.2 Å². The lowest BCUT2D eigenvalue weighted by atomic mass is 9.98. The number of piperidine rings is 1. The fourth-order valence-electron chi connectivity index (χ4n) is 3.01. The van der Waals surface area contributed by atoms with Crippen molar-refractivity contribution in [2.45, 2.75) is 32.7 Å². The monoisotopic (exact) mass is 328 g/mol. The van der Waals surface area contributed by atoms with Gasteiger partial charge in [-0.15, -0.1) is 0 Å². The Hall–Kier alpha value is -2.21. The summed E-state index contributed by atoms with van der Waals surface area (Å²) in [5.74, 6) is 1.29. The first kappa shape index (κ1) is 16.6. The molecule has 6 nitrogen and oxygen atoms in total. The van der Waals surface area contributed by atoms with Crippen LogP contribution in [0.5, 0.6) is 0 Å². The summed E-state index contributed by atoms with van der Waals surface area (Å²) in [6, 6.07) is 7.59. The predicted molar refractivity (Wildman–Crippen MR) is 91.5 cm³/mol. The van der Waals surface area contributed by atoms with E-state index in [2.05, 4.69) is 34.2 Å². The standard InChI is InChI=1S/C18H24N4O2/c1-13-7-9-22(10-8-13)14(2)11-19-18(23)16-5-3-15(4-6-16)17-20-12-24-21-17/h3-6,12-14H,7-11H2,1-2H3,(H,19,23)/t14-/m1/s1. The Bertz CT molecular complexity index is 646. The first-order chi connectivity index (χ1) is 11.6. The molecule has 0 bridgehead atoms. The smallest absolute Gasteiger partial charge is 0.251 e. The minimum absolute atomic E-state index is 0.0492. The molecule has 1 amide bonds. The minimum atomic E-state index is -0.0492. The van der Waals surface area contributed by atoms with E-state index in [1.165, 1.54) is 19.2 Å². The Kier molecular flexibility index (Phi) is 5.25. The molecule has 128 valence electrons. The SMILES string of the molecule is CC1CCN([C@H](C)CNC(=O)c2ccc(-c3ncon3)cc2)CC1. The maximum Gasteiger partial charge on any atom is 0.251 e. The molecule has 3 rings (SSSR count). The minimum Gasteiger partial charge on any atom is -0.350 e. The molecule has 1 atom stereocenters. The molecule has 0 radical (unpaired) electrons. The van der Waals surface area contributed by atoms with Gasteiger partial charge < -0.3 is 9.84 Å². The Labute approximate surface area is 142 Å². The molecule has 6 heteroatoms. The summed E-state index contributed by atoms with van der Waals surface area (Å²) in [6.45, 7) is 7.40. The van der Waals surface area contributed by atoms with Gasteiger partial charge in [0, 0.05) is 23.7 Å². The number of hydrogen-bond donors (Lipinski definition) is 1. The van der Waals surface area contributed by atoms with Crippen molar-refractivity contribution in [2.75, 3.05) is 19.6 Å². The van der Waals surface area contributed by atoms with Crippen molar-refractivity contribution >= 4 is 5.91 Å². The third-order valence-electron chi connectivity index (χ3n) is 4.77. The van der Waals surface area contributed by atoms with Gasteiger partial charge in [0.25, 0.3) is 5.91 Å². The maximum absolute atomic E-state index is 12.3. The number of hydrogen-bond acceptors (Lipinski definition) is 5. The third kappa shape index (κ3) is 4.00. The van der Waals surface area contributed by atoms with Crippen LogP contribution in [0.4, 0.5) is 0 Å². The van der Waals surface area contributed by atoms with Gasteiger partial charge in [0.05, 0.1) is 0 Å². The molecule has 1 saturated heterocycles. The highest BCUT2D eigenvalue weighted by Gasteiger charge is 2.20. The fraction of sp³-hybridized carbons (Fsp3) is 0.500. The van der Waals surface area contributed by atoms with Gasteiger partial charge in [-0.2, -0.15) is 4.98 Å². The van der Waals surface area contributed by atoms with E-state index in [4.69, 9.17) is 4.52 Å². The normalized spacial score (nSPS) is 17.6. The van der Waals surface area contributed by atoms with Crippen LogP contribution in [0.25, 0.3) is 11.4 Å². The highest BCUT2D eigenvalue weighted by molar-refractivity contribution is 5.94. The van der Waals surface area contributed by atoms with E-state index in [1.807, 2.05) is 12.1 Å². The van der Waals surface area contributed by atoms with Gasteiger partial charge in [-0.3, -0.25) is 9.69 Å². The van der Waals surface area contributed by atoms with Crippen LogP contribution in [0.15, 0.2) is 35.2 Å². The van der Waals surface area contributed by atoms with Gasteiger partial charge in [-0.25, -0.2) is 0 Å². The summed E-state index contributed by atoms with van der Waals surface area (Å²) in [5, 5.41) is 6.82. The number of benzene rings is 1. The van der Waals surface area contributed by atoms with Crippen LogP contribution in [0.1, 0.15) is 37.0 Å². The second kappa shape index (κ2) is 7.57. The molecule has 2 heterocycles. The van der Waals surface area contributed by atoms with Gasteiger partial charge >= 0.3 is 0 Å². The second-order valence-corrected chi connectivity index (χ2v) is 6.61. The summed E-state index contributed by atoms with van der Waals surface area (Å²) in [5.41, 5.74) is 1.47. The molecule has 1 N–H and O–H groups in total. The molecule has 1 fully saturated rings. The van der Waals surface area contributed by atoms with Gasteiger partial charge in [0.15, 0.2) is 0 Å². The van der Waals surface area contributed by atoms with Crippen LogP contribution in [0.3, 0.4) is 0 Å². The highest BCUT2D eigenvalue weighted by Crippen LogP contribution is 2.18. The van der Waals surface area contributed by atoms with Crippen molar-refractivity contribution in [3.63, 3.8) is 0 Å². The van der Waals surface area contributed by atoms with Crippen LogP contribution in [-0.2, 0) is 0 Å². The summed E-state index contributed by atoms with van der Waals surface area (Å²) in [4.78, 5) is 18.8. The quantitative estimate of drug-likeness (QED) is 0.913. The molecule has 2 aromatic rings. The Balaban J connectivity index is 1.51. The largest absolute Gasteiger partial charge is 0.350 e. The van der Waals surface area contributed by atoms with Crippen molar-refractivity contribution in [2.24, 2.45) is 5.92 Å². The number of nitrogens with zero attached hydrogens (tertiary/aromatic N) is 3. The van der Waals surface area contributed by atoms with Crippen molar-refractivity contribution in [1.82, 2.24) is 20.4 Å². The molecule has 0 unspecified atom stereocenters. The number of aromatic nitrogens is 2. The van der Waals surface area contributed by atoms with Gasteiger partial charge in [-0.05, 0) is 50.9 Å². The van der Waals surface area contributed by atoms with E-state index in [0.29, 0.717) is 24.0 Å². The third-order valence-corrected chi connectivity index (χ3v) is 4.77. The number of rotatable bonds is 5. The maximum atomic E-state index is 12.3. The summed E-state index contributed by atoms with van der Waals surface area (Å²) in [6.07, 6.45) is 3.78. The summed E-state index contributed by atoms with van der Waals surface area (Å²) < 4.78 is 4.73.